The van der Waals surface area contributed by atoms with E-state index in [1.54, 1.807) is 0 Å². The Kier molecular flexibility index (Phi) is 37.2. The molecule has 0 aromatic heterocycles. The van der Waals surface area contributed by atoms with Crippen LogP contribution in [0.5, 0.6) is 0 Å². The Bertz CT molecular complexity index is 1390. The molecule has 0 spiro atoms. The molecule has 7 N–H and O–H groups in total. The summed E-state index contributed by atoms with van der Waals surface area (Å²) in [7, 11) is 0. The van der Waals surface area contributed by atoms with E-state index >= 15 is 0 Å². The smallest absolute Gasteiger partial charge is 0.306 e. The topological polar surface area (TPSA) is 231 Å². The number of carbonyl (C=O) groups is 2. The fraction of sp³-hybridized carbons (Fsp3) is 0.815. The molecule has 15 nitrogen and oxygen atoms in total. The van der Waals surface area contributed by atoms with Gasteiger partial charge in [-0.05, 0) is 57.8 Å². The van der Waals surface area contributed by atoms with Crippen LogP contribution in [0, 0.1) is 0 Å². The summed E-state index contributed by atoms with van der Waals surface area (Å²) in [5.41, 5.74) is 0. The van der Waals surface area contributed by atoms with Gasteiger partial charge in [-0.25, -0.2) is 0 Å². The zero-order valence-corrected chi connectivity index (χ0v) is 42.3. The molecular formula is C54H94O15. The van der Waals surface area contributed by atoms with Gasteiger partial charge in [0, 0.05) is 12.8 Å². The van der Waals surface area contributed by atoms with Crippen LogP contribution in [0.25, 0.3) is 0 Å². The second-order valence-corrected chi connectivity index (χ2v) is 18.7. The number of aliphatic hydroxyl groups excluding tert-OH is 7. The number of rotatable bonds is 41. The first-order chi connectivity index (χ1) is 33.5. The van der Waals surface area contributed by atoms with Crippen LogP contribution < -0.4 is 0 Å². The Morgan fingerprint density at radius 2 is 0.928 bits per heavy atom. The van der Waals surface area contributed by atoms with Crippen molar-refractivity contribution in [1.29, 1.82) is 0 Å². The van der Waals surface area contributed by atoms with Crippen LogP contribution in [-0.4, -0.2) is 142 Å². The van der Waals surface area contributed by atoms with Crippen LogP contribution in [0.1, 0.15) is 187 Å². The number of allylic oxidation sites excluding steroid dienone is 8. The third-order valence-electron chi connectivity index (χ3n) is 12.6. The highest BCUT2D eigenvalue weighted by molar-refractivity contribution is 5.70. The lowest BCUT2D eigenvalue weighted by Gasteiger charge is -2.42. The molecule has 0 radical (unpaired) electrons. The lowest BCUT2D eigenvalue weighted by atomic mass is 9.98. The molecule has 2 fully saturated rings. The number of aliphatic hydroxyl groups is 7. The van der Waals surface area contributed by atoms with Gasteiger partial charge in [0.2, 0.25) is 0 Å². The van der Waals surface area contributed by atoms with Crippen LogP contribution in [0.2, 0.25) is 0 Å². The Labute approximate surface area is 414 Å². The second-order valence-electron chi connectivity index (χ2n) is 18.7. The average Bonchev–Trinajstić information content (AvgIpc) is 3.34. The molecule has 2 saturated heterocycles. The fourth-order valence-corrected chi connectivity index (χ4v) is 8.21. The summed E-state index contributed by atoms with van der Waals surface area (Å²) in [6.07, 6.45) is 28.6. The molecule has 69 heavy (non-hydrogen) atoms. The number of hydrogen-bond acceptors (Lipinski definition) is 15. The molecule has 0 amide bonds. The average molecular weight is 983 g/mol. The molecule has 5 unspecified atom stereocenters. The van der Waals surface area contributed by atoms with E-state index in [1.807, 2.05) is 24.3 Å². The van der Waals surface area contributed by atoms with E-state index in [9.17, 15) is 45.3 Å². The van der Waals surface area contributed by atoms with Crippen molar-refractivity contribution in [2.24, 2.45) is 0 Å². The molecule has 15 heteroatoms. The van der Waals surface area contributed by atoms with Crippen molar-refractivity contribution in [3.63, 3.8) is 0 Å². The van der Waals surface area contributed by atoms with Crippen LogP contribution in [0.4, 0.5) is 0 Å². The minimum atomic E-state index is -1.77. The van der Waals surface area contributed by atoms with Gasteiger partial charge in [-0.3, -0.25) is 9.59 Å². The SMILES string of the molecule is CC/C=C/C=C/C=C/CCCCCCCC(=O)OC(COC(=O)CCCCCCCCC/C=C/CCCCCCCCCCC)CO[C@@H]1O[C@H](CO[C@@H]2O[C@H](CO)[C@H](O)C(O)C2O)[C@H](O)C(O)C1O. The maximum Gasteiger partial charge on any atom is 0.306 e. The second kappa shape index (κ2) is 41.0. The summed E-state index contributed by atoms with van der Waals surface area (Å²) in [5.74, 6) is -0.953. The van der Waals surface area contributed by atoms with Gasteiger partial charge in [-0.15, -0.1) is 0 Å². The number of hydrogen-bond donors (Lipinski definition) is 7. The maximum absolute atomic E-state index is 13.0. The summed E-state index contributed by atoms with van der Waals surface area (Å²) in [6.45, 7) is 2.43. The van der Waals surface area contributed by atoms with E-state index in [0.29, 0.717) is 12.8 Å². The van der Waals surface area contributed by atoms with Crippen molar-refractivity contribution < 1.29 is 73.8 Å². The molecule has 400 valence electrons. The van der Waals surface area contributed by atoms with E-state index in [2.05, 4.69) is 38.2 Å². The summed E-state index contributed by atoms with van der Waals surface area (Å²) >= 11 is 0. The zero-order chi connectivity index (χ0) is 50.3. The molecule has 0 aliphatic carbocycles. The molecule has 0 saturated carbocycles. The first kappa shape index (κ1) is 62.6. The number of esters is 2. The van der Waals surface area contributed by atoms with E-state index < -0.39 is 99.3 Å². The minimum Gasteiger partial charge on any atom is -0.462 e. The van der Waals surface area contributed by atoms with Crippen molar-refractivity contribution >= 4 is 11.9 Å². The molecule has 0 bridgehead atoms. The predicted molar refractivity (Wildman–Crippen MR) is 266 cm³/mol. The molecule has 2 rings (SSSR count). The largest absolute Gasteiger partial charge is 0.462 e. The van der Waals surface area contributed by atoms with E-state index in [1.165, 1.54) is 77.0 Å². The van der Waals surface area contributed by atoms with Crippen LogP contribution in [0.3, 0.4) is 0 Å². The highest BCUT2D eigenvalue weighted by atomic mass is 16.7. The summed E-state index contributed by atoms with van der Waals surface area (Å²) in [5, 5.41) is 72.1. The summed E-state index contributed by atoms with van der Waals surface area (Å²) in [4.78, 5) is 25.8. The van der Waals surface area contributed by atoms with Gasteiger partial charge in [0.1, 0.15) is 55.4 Å². The third-order valence-corrected chi connectivity index (χ3v) is 12.6. The molecule has 0 aromatic rings. The van der Waals surface area contributed by atoms with Gasteiger partial charge in [-0.2, -0.15) is 0 Å². The monoisotopic (exact) mass is 983 g/mol. The Hall–Kier alpha value is -2.54. The summed E-state index contributed by atoms with van der Waals surface area (Å²) in [6, 6.07) is 0. The van der Waals surface area contributed by atoms with Gasteiger partial charge in [0.25, 0.3) is 0 Å². The summed E-state index contributed by atoms with van der Waals surface area (Å²) < 4.78 is 33.6. The molecule has 2 aliphatic rings. The molecule has 2 aliphatic heterocycles. The Morgan fingerprint density at radius 3 is 1.46 bits per heavy atom. The lowest BCUT2D eigenvalue weighted by Crippen LogP contribution is -2.61. The highest BCUT2D eigenvalue weighted by Crippen LogP contribution is 2.26. The lowest BCUT2D eigenvalue weighted by molar-refractivity contribution is -0.332. The fourth-order valence-electron chi connectivity index (χ4n) is 8.21. The molecule has 2 heterocycles. The first-order valence-corrected chi connectivity index (χ1v) is 26.8. The number of carbonyl (C=O) groups excluding carboxylic acids is 2. The van der Waals surface area contributed by atoms with Crippen molar-refractivity contribution in [2.45, 2.75) is 255 Å². The number of unbranched alkanes of at least 4 members (excludes halogenated alkanes) is 21. The molecule has 11 atom stereocenters. The van der Waals surface area contributed by atoms with Gasteiger partial charge >= 0.3 is 11.9 Å². The van der Waals surface area contributed by atoms with E-state index in [4.69, 9.17) is 28.4 Å². The first-order valence-electron chi connectivity index (χ1n) is 26.8. The van der Waals surface area contributed by atoms with Crippen molar-refractivity contribution in [2.75, 3.05) is 26.4 Å². The molecular weight excluding hydrogens is 889 g/mol. The van der Waals surface area contributed by atoms with Crippen molar-refractivity contribution in [3.05, 3.63) is 48.6 Å². The predicted octanol–water partition coefficient (Wildman–Crippen LogP) is 7.88. The quantitative estimate of drug-likeness (QED) is 0.0134. The Morgan fingerprint density at radius 1 is 0.478 bits per heavy atom. The van der Waals surface area contributed by atoms with Crippen LogP contribution in [0.15, 0.2) is 48.6 Å². The van der Waals surface area contributed by atoms with Crippen molar-refractivity contribution in [1.82, 2.24) is 0 Å². The highest BCUT2D eigenvalue weighted by Gasteiger charge is 2.47. The normalized spacial score (nSPS) is 25.9. The van der Waals surface area contributed by atoms with Gasteiger partial charge in [-0.1, -0.05) is 165 Å². The molecule has 0 aromatic carbocycles. The Balaban J connectivity index is 1.78. The number of ether oxygens (including phenoxy) is 6. The van der Waals surface area contributed by atoms with E-state index in [-0.39, 0.29) is 19.4 Å². The van der Waals surface area contributed by atoms with Crippen molar-refractivity contribution in [3.8, 4) is 0 Å². The maximum atomic E-state index is 13.0. The van der Waals surface area contributed by atoms with Gasteiger partial charge < -0.3 is 64.2 Å². The van der Waals surface area contributed by atoms with Gasteiger partial charge in [0.15, 0.2) is 18.7 Å². The van der Waals surface area contributed by atoms with E-state index in [0.717, 1.165) is 70.6 Å². The third kappa shape index (κ3) is 28.9. The van der Waals surface area contributed by atoms with Crippen LogP contribution in [-0.2, 0) is 38.0 Å². The minimum absolute atomic E-state index is 0.140. The van der Waals surface area contributed by atoms with Gasteiger partial charge in [0.05, 0.1) is 19.8 Å². The zero-order valence-electron chi connectivity index (χ0n) is 42.3. The van der Waals surface area contributed by atoms with Crippen LogP contribution >= 0.6 is 0 Å². The standard InChI is InChI=1S/C54H94O15/c1-3-5-7-9-11-13-15-17-18-19-20-21-22-23-25-26-28-30-32-34-36-45(56)64-39-42(67-46(57)37-35-33-31-29-27-24-16-14-12-10-8-6-4-2)40-65-53-52(63)50(61)48(59)44(69-53)41-66-54-51(62)49(60)47(58)43(38-55)68-54/h6,8,10,12,14,16,20-21,42-44,47-55,58-63H,3-5,7,9,11,13,15,17-19,22-41H2,1-2H3/b8-6+,12-10+,16-14+,21-20+/t42?,43-,44-,47+,48+,49?,50?,51?,52?,53-,54-/m1/s1.